The number of nitrogens with zero attached hydrogens (tertiary/aromatic N) is 2. The van der Waals surface area contributed by atoms with E-state index in [9.17, 15) is 0 Å². The molecule has 0 heterocycles. The molecule has 14 heavy (non-hydrogen) atoms. The standard InChI is InChI=1S/C10H15N3O/c1-4-6-7-9(3)14-10(5-2)8-12-13-11/h4-8,11H,1-3H3/b6-4-,9-7+,10-5-,12-8-,13-11?. The molecule has 0 spiro atoms. The molecule has 0 bridgehead atoms. The molecule has 4 heteroatoms. The first kappa shape index (κ1) is 12.3. The Morgan fingerprint density at radius 1 is 1.36 bits per heavy atom. The SMILES string of the molecule is C/C=C\C=C(/C)OC(/C=N\N=N)=C\C. The molecule has 0 saturated heterocycles. The molecule has 0 radical (unpaired) electrons. The third kappa shape index (κ3) is 5.88. The van der Waals surface area contributed by atoms with E-state index in [4.69, 9.17) is 10.3 Å². The highest BCUT2D eigenvalue weighted by molar-refractivity contribution is 5.75. The van der Waals surface area contributed by atoms with Gasteiger partial charge < -0.3 is 4.74 Å². The summed E-state index contributed by atoms with van der Waals surface area (Å²) in [5, 5.41) is 6.26. The largest absolute Gasteiger partial charge is 0.461 e. The molecule has 0 aliphatic carbocycles. The van der Waals surface area contributed by atoms with Crippen LogP contribution in [0, 0.1) is 5.53 Å². The molecule has 0 unspecified atom stereocenters. The van der Waals surface area contributed by atoms with Gasteiger partial charge in [0.15, 0.2) is 0 Å². The molecule has 4 nitrogen and oxygen atoms in total. The normalized spacial score (nSPS) is 13.9. The molecular weight excluding hydrogens is 178 g/mol. The van der Waals surface area contributed by atoms with Crippen LogP contribution in [0.25, 0.3) is 0 Å². The van der Waals surface area contributed by atoms with E-state index in [2.05, 4.69) is 10.3 Å². The van der Waals surface area contributed by atoms with E-state index in [1.807, 2.05) is 39.0 Å². The zero-order valence-electron chi connectivity index (χ0n) is 8.69. The molecule has 0 amide bonds. The van der Waals surface area contributed by atoms with E-state index in [-0.39, 0.29) is 0 Å². The third-order valence-corrected chi connectivity index (χ3v) is 1.33. The summed E-state index contributed by atoms with van der Waals surface area (Å²) in [6.45, 7) is 5.60. The summed E-state index contributed by atoms with van der Waals surface area (Å²) >= 11 is 0. The first-order valence-corrected chi connectivity index (χ1v) is 4.28. The Bertz CT molecular complexity index is 288. The lowest BCUT2D eigenvalue weighted by Crippen LogP contribution is -1.90. The second-order valence-electron chi connectivity index (χ2n) is 2.44. The van der Waals surface area contributed by atoms with Crippen molar-refractivity contribution >= 4 is 6.21 Å². The first-order chi connectivity index (χ1) is 6.74. The van der Waals surface area contributed by atoms with Gasteiger partial charge in [0.2, 0.25) is 0 Å². The number of nitrogens with one attached hydrogen (secondary N) is 1. The average molecular weight is 193 g/mol. The van der Waals surface area contributed by atoms with Gasteiger partial charge in [-0.05, 0) is 32.9 Å². The highest BCUT2D eigenvalue weighted by Gasteiger charge is 1.93. The van der Waals surface area contributed by atoms with E-state index in [1.165, 1.54) is 6.21 Å². The minimum atomic E-state index is 0.569. The lowest BCUT2D eigenvalue weighted by molar-refractivity contribution is 0.332. The van der Waals surface area contributed by atoms with Crippen LogP contribution in [0.15, 0.2) is 46.1 Å². The van der Waals surface area contributed by atoms with Crippen molar-refractivity contribution in [2.24, 2.45) is 10.3 Å². The Kier molecular flexibility index (Phi) is 6.95. The summed E-state index contributed by atoms with van der Waals surface area (Å²) in [6, 6.07) is 0. The molecule has 0 aromatic carbocycles. The smallest absolute Gasteiger partial charge is 0.142 e. The minimum absolute atomic E-state index is 0.569. The van der Waals surface area contributed by atoms with Gasteiger partial charge in [-0.3, -0.25) is 0 Å². The van der Waals surface area contributed by atoms with E-state index < -0.39 is 0 Å². The molecule has 0 aromatic heterocycles. The van der Waals surface area contributed by atoms with Gasteiger partial charge in [0.25, 0.3) is 0 Å². The van der Waals surface area contributed by atoms with Gasteiger partial charge in [0, 0.05) is 0 Å². The number of hydrogen-bond acceptors (Lipinski definition) is 3. The van der Waals surface area contributed by atoms with Crippen LogP contribution >= 0.6 is 0 Å². The molecule has 0 aromatic rings. The van der Waals surface area contributed by atoms with Crippen molar-refractivity contribution in [3.05, 3.63) is 35.8 Å². The average Bonchev–Trinajstić information content (AvgIpc) is 2.21. The summed E-state index contributed by atoms with van der Waals surface area (Å²) in [6.07, 6.45) is 8.78. The van der Waals surface area contributed by atoms with Crippen molar-refractivity contribution in [2.75, 3.05) is 0 Å². The lowest BCUT2D eigenvalue weighted by Gasteiger charge is -2.03. The van der Waals surface area contributed by atoms with Crippen LogP contribution in [0.3, 0.4) is 0 Å². The van der Waals surface area contributed by atoms with Gasteiger partial charge in [0.05, 0.1) is 6.21 Å². The van der Waals surface area contributed by atoms with Crippen molar-refractivity contribution in [1.29, 1.82) is 5.53 Å². The van der Waals surface area contributed by atoms with Crippen LogP contribution in [0.5, 0.6) is 0 Å². The zero-order chi connectivity index (χ0) is 10.8. The van der Waals surface area contributed by atoms with Crippen LogP contribution in [-0.2, 0) is 4.74 Å². The number of hydrogen-bond donors (Lipinski definition) is 1. The second kappa shape index (κ2) is 7.91. The van der Waals surface area contributed by atoms with Crippen LogP contribution < -0.4 is 0 Å². The highest BCUT2D eigenvalue weighted by Crippen LogP contribution is 2.04. The third-order valence-electron chi connectivity index (χ3n) is 1.33. The van der Waals surface area contributed by atoms with Gasteiger partial charge in [-0.25, -0.2) is 0 Å². The van der Waals surface area contributed by atoms with E-state index in [1.54, 1.807) is 6.08 Å². The Hall–Kier alpha value is -1.71. The Labute approximate surface area is 84.2 Å². The zero-order valence-corrected chi connectivity index (χ0v) is 8.69. The monoisotopic (exact) mass is 193 g/mol. The Morgan fingerprint density at radius 3 is 2.57 bits per heavy atom. The van der Waals surface area contributed by atoms with Crippen molar-refractivity contribution in [1.82, 2.24) is 0 Å². The van der Waals surface area contributed by atoms with Gasteiger partial charge in [0.1, 0.15) is 11.5 Å². The topological polar surface area (TPSA) is 57.8 Å². The number of allylic oxidation sites excluding steroid dienone is 6. The second-order valence-corrected chi connectivity index (χ2v) is 2.44. The molecule has 76 valence electrons. The fraction of sp³-hybridized carbons (Fsp3) is 0.300. The maximum atomic E-state index is 6.48. The predicted molar refractivity (Wildman–Crippen MR) is 57.1 cm³/mol. The van der Waals surface area contributed by atoms with Crippen LogP contribution in [0.2, 0.25) is 0 Å². The molecule has 0 rings (SSSR count). The quantitative estimate of drug-likeness (QED) is 0.235. The van der Waals surface area contributed by atoms with Crippen molar-refractivity contribution in [3.63, 3.8) is 0 Å². The molecule has 0 fully saturated rings. The van der Waals surface area contributed by atoms with Crippen molar-refractivity contribution < 1.29 is 4.74 Å². The number of rotatable bonds is 5. The first-order valence-electron chi connectivity index (χ1n) is 4.28. The van der Waals surface area contributed by atoms with E-state index in [0.717, 1.165) is 5.76 Å². The molecule has 1 N–H and O–H groups in total. The summed E-state index contributed by atoms with van der Waals surface area (Å²) < 4.78 is 5.38. The minimum Gasteiger partial charge on any atom is -0.461 e. The Balaban J connectivity index is 4.33. The maximum Gasteiger partial charge on any atom is 0.142 e. The predicted octanol–water partition coefficient (Wildman–Crippen LogP) is 3.40. The van der Waals surface area contributed by atoms with Gasteiger partial charge >= 0.3 is 0 Å². The van der Waals surface area contributed by atoms with Crippen LogP contribution in [0.1, 0.15) is 20.8 Å². The molecule has 0 atom stereocenters. The summed E-state index contributed by atoms with van der Waals surface area (Å²) in [7, 11) is 0. The Morgan fingerprint density at radius 2 is 2.07 bits per heavy atom. The maximum absolute atomic E-state index is 6.48. The summed E-state index contributed by atoms with van der Waals surface area (Å²) in [5.74, 6) is 1.33. The van der Waals surface area contributed by atoms with Gasteiger partial charge in [-0.2, -0.15) is 5.53 Å². The molecule has 0 saturated carbocycles. The summed E-state index contributed by atoms with van der Waals surface area (Å²) in [5.41, 5.74) is 6.48. The molecule has 0 aliphatic heterocycles. The lowest BCUT2D eigenvalue weighted by atomic mass is 10.4. The van der Waals surface area contributed by atoms with Gasteiger partial charge in [-0.1, -0.05) is 17.4 Å². The van der Waals surface area contributed by atoms with Crippen LogP contribution in [0.4, 0.5) is 0 Å². The van der Waals surface area contributed by atoms with E-state index >= 15 is 0 Å². The van der Waals surface area contributed by atoms with E-state index in [0.29, 0.717) is 5.76 Å². The summed E-state index contributed by atoms with van der Waals surface area (Å²) in [4.78, 5) is 0. The molecular formula is C10H15N3O. The fourth-order valence-corrected chi connectivity index (χ4v) is 0.697. The molecule has 0 aliphatic rings. The fourth-order valence-electron chi connectivity index (χ4n) is 0.697. The van der Waals surface area contributed by atoms with Gasteiger partial charge in [-0.15, -0.1) is 5.10 Å². The van der Waals surface area contributed by atoms with Crippen LogP contribution in [-0.4, -0.2) is 6.21 Å². The van der Waals surface area contributed by atoms with Crippen molar-refractivity contribution in [3.8, 4) is 0 Å². The highest BCUT2D eigenvalue weighted by atomic mass is 16.5. The number of ether oxygens (including phenoxy) is 1. The van der Waals surface area contributed by atoms with Crippen molar-refractivity contribution in [2.45, 2.75) is 20.8 Å².